The normalized spacial score (nSPS) is 13.3. The van der Waals surface area contributed by atoms with Crippen molar-refractivity contribution in [1.29, 1.82) is 0 Å². The summed E-state index contributed by atoms with van der Waals surface area (Å²) in [7, 11) is 0. The van der Waals surface area contributed by atoms with Gasteiger partial charge in [0.2, 0.25) is 0 Å². The molecule has 3 aromatic rings. The Morgan fingerprint density at radius 2 is 2.04 bits per heavy atom. The van der Waals surface area contributed by atoms with Gasteiger partial charge in [-0.25, -0.2) is 0 Å². The van der Waals surface area contributed by atoms with Crippen LogP contribution in [-0.4, -0.2) is 33.9 Å². The van der Waals surface area contributed by atoms with Crippen molar-refractivity contribution < 1.29 is 4.79 Å². The van der Waals surface area contributed by atoms with Crippen molar-refractivity contribution >= 4 is 5.91 Å². The lowest BCUT2D eigenvalue weighted by Crippen LogP contribution is -2.31. The van der Waals surface area contributed by atoms with Gasteiger partial charge in [-0.2, -0.15) is 0 Å². The summed E-state index contributed by atoms with van der Waals surface area (Å²) >= 11 is 0. The summed E-state index contributed by atoms with van der Waals surface area (Å²) in [5.41, 5.74) is 12.1. The molecule has 0 radical (unpaired) electrons. The maximum Gasteiger partial charge on any atom is 0.253 e. The molecule has 0 fully saturated rings. The second-order valence-electron chi connectivity index (χ2n) is 6.44. The van der Waals surface area contributed by atoms with Crippen LogP contribution < -0.4 is 11.1 Å². The largest absolute Gasteiger partial charge is 0.358 e. The number of pyridine rings is 2. The molecule has 0 unspecified atom stereocenters. The molecule has 0 atom stereocenters. The molecule has 0 saturated carbocycles. The predicted molar refractivity (Wildman–Crippen MR) is 101 cm³/mol. The summed E-state index contributed by atoms with van der Waals surface area (Å²) in [4.78, 5) is 24.3. The fourth-order valence-corrected chi connectivity index (χ4v) is 3.21. The second-order valence-corrected chi connectivity index (χ2v) is 6.44. The Kier molecular flexibility index (Phi) is 4.50. The van der Waals surface area contributed by atoms with E-state index >= 15 is 0 Å². The lowest BCUT2D eigenvalue weighted by Gasteiger charge is -2.10. The number of aromatic amines is 1. The van der Waals surface area contributed by atoms with E-state index in [-0.39, 0.29) is 5.91 Å². The van der Waals surface area contributed by atoms with Crippen LogP contribution in [0.4, 0.5) is 0 Å². The van der Waals surface area contributed by atoms with Gasteiger partial charge in [-0.1, -0.05) is 0 Å². The zero-order chi connectivity index (χ0) is 17.9. The number of carbonyl (C=O) groups excluding carboxylic acids is 1. The van der Waals surface area contributed by atoms with Crippen LogP contribution in [0.1, 0.15) is 28.2 Å². The van der Waals surface area contributed by atoms with Gasteiger partial charge < -0.3 is 16.0 Å². The van der Waals surface area contributed by atoms with Gasteiger partial charge >= 0.3 is 0 Å². The molecule has 6 heteroatoms. The summed E-state index contributed by atoms with van der Waals surface area (Å²) < 4.78 is 0. The molecule has 0 saturated heterocycles. The minimum atomic E-state index is -0.0136. The number of hydrogen-bond acceptors (Lipinski definition) is 4. The van der Waals surface area contributed by atoms with Crippen LogP contribution >= 0.6 is 0 Å². The molecule has 1 amide bonds. The van der Waals surface area contributed by atoms with E-state index < -0.39 is 0 Å². The minimum absolute atomic E-state index is 0.0136. The summed E-state index contributed by atoms with van der Waals surface area (Å²) in [6.45, 7) is 1.35. The molecule has 3 aromatic heterocycles. The highest BCUT2D eigenvalue weighted by atomic mass is 16.1. The zero-order valence-electron chi connectivity index (χ0n) is 14.5. The zero-order valence-corrected chi connectivity index (χ0v) is 14.5. The maximum atomic E-state index is 12.0. The second kappa shape index (κ2) is 7.09. The van der Waals surface area contributed by atoms with Crippen LogP contribution in [0, 0.1) is 0 Å². The first-order chi connectivity index (χ1) is 12.7. The molecule has 0 spiro atoms. The quantitative estimate of drug-likeness (QED) is 0.660. The molecule has 4 N–H and O–H groups in total. The molecule has 0 aromatic carbocycles. The Bertz CT molecular complexity index is 930. The predicted octanol–water partition coefficient (Wildman–Crippen LogP) is 2.32. The van der Waals surface area contributed by atoms with Crippen molar-refractivity contribution in [2.75, 3.05) is 13.1 Å². The van der Waals surface area contributed by atoms with Crippen LogP contribution in [0.25, 0.3) is 22.5 Å². The molecule has 1 aliphatic rings. The summed E-state index contributed by atoms with van der Waals surface area (Å²) in [6.07, 6.45) is 6.29. The summed E-state index contributed by atoms with van der Waals surface area (Å²) in [5.74, 6) is -0.0136. The molecule has 6 nitrogen and oxygen atoms in total. The summed E-state index contributed by atoms with van der Waals surface area (Å²) in [5, 5.41) is 2.87. The Hall–Kier alpha value is -2.99. The minimum Gasteiger partial charge on any atom is -0.358 e. The van der Waals surface area contributed by atoms with Gasteiger partial charge in [0.1, 0.15) is 0 Å². The lowest BCUT2D eigenvalue weighted by atomic mass is 10.1. The molecule has 0 aliphatic carbocycles. The average molecular weight is 347 g/mol. The van der Waals surface area contributed by atoms with Crippen LogP contribution in [0.2, 0.25) is 0 Å². The highest BCUT2D eigenvalue weighted by molar-refractivity contribution is 5.97. The van der Waals surface area contributed by atoms with E-state index in [4.69, 9.17) is 5.73 Å². The molecule has 1 aliphatic heterocycles. The van der Waals surface area contributed by atoms with Crippen LogP contribution in [0.5, 0.6) is 0 Å². The first-order valence-corrected chi connectivity index (χ1v) is 8.86. The van der Waals surface area contributed by atoms with Gasteiger partial charge in [-0.3, -0.25) is 14.8 Å². The van der Waals surface area contributed by atoms with Gasteiger partial charge in [0.05, 0.1) is 11.3 Å². The average Bonchev–Trinajstić information content (AvgIpc) is 3.13. The van der Waals surface area contributed by atoms with Crippen molar-refractivity contribution in [3.63, 3.8) is 0 Å². The number of fused-ring (bicyclic) bond motifs is 1. The summed E-state index contributed by atoms with van der Waals surface area (Å²) in [6, 6.07) is 9.94. The number of H-pyrrole nitrogens is 1. The van der Waals surface area contributed by atoms with Crippen LogP contribution in [0.15, 0.2) is 42.7 Å². The monoisotopic (exact) mass is 347 g/mol. The fraction of sp³-hybridized carbons (Fsp3) is 0.250. The fourth-order valence-electron chi connectivity index (χ4n) is 3.21. The number of hydrogen-bond donors (Lipinski definition) is 3. The van der Waals surface area contributed by atoms with Gasteiger partial charge in [0.25, 0.3) is 5.91 Å². The molecular weight excluding hydrogens is 326 g/mol. The van der Waals surface area contributed by atoms with E-state index in [1.54, 1.807) is 6.20 Å². The van der Waals surface area contributed by atoms with Crippen molar-refractivity contribution in [1.82, 2.24) is 20.3 Å². The first kappa shape index (κ1) is 16.5. The topological polar surface area (TPSA) is 96.7 Å². The maximum absolute atomic E-state index is 12.0. The van der Waals surface area contributed by atoms with Gasteiger partial charge in [-0.15, -0.1) is 0 Å². The standard InChI is InChI=1S/C20H21N5O/c21-7-1-2-15-4-3-14(12-24-15)18-10-13(5-8-22-18)19-11-16-17(25-19)6-9-23-20(16)26/h3-5,8,10-12,25H,1-2,6-7,9,21H2,(H,23,26). The smallest absolute Gasteiger partial charge is 0.253 e. The van der Waals surface area contributed by atoms with Crippen molar-refractivity contribution in [3.8, 4) is 22.5 Å². The van der Waals surface area contributed by atoms with E-state index in [2.05, 4.69) is 20.3 Å². The van der Waals surface area contributed by atoms with Gasteiger partial charge in [0.15, 0.2) is 0 Å². The SMILES string of the molecule is NCCCc1ccc(-c2cc(-c3cc4c([nH]3)CCNC4=O)ccn2)cn1. The van der Waals surface area contributed by atoms with Crippen molar-refractivity contribution in [3.05, 3.63) is 59.7 Å². The Labute approximate surface area is 151 Å². The Morgan fingerprint density at radius 1 is 1.12 bits per heavy atom. The number of nitrogens with zero attached hydrogens (tertiary/aromatic N) is 2. The van der Waals surface area contributed by atoms with E-state index in [1.165, 1.54) is 0 Å². The number of carbonyl (C=O) groups is 1. The third kappa shape index (κ3) is 3.23. The number of aromatic nitrogens is 3. The third-order valence-electron chi connectivity index (χ3n) is 4.63. The van der Waals surface area contributed by atoms with Gasteiger partial charge in [-0.05, 0) is 49.7 Å². The van der Waals surface area contributed by atoms with Crippen molar-refractivity contribution in [2.45, 2.75) is 19.3 Å². The number of amides is 1. The number of nitrogens with two attached hydrogens (primary N) is 1. The number of rotatable bonds is 5. The molecular formula is C20H21N5O. The molecule has 132 valence electrons. The molecule has 4 rings (SSSR count). The van der Waals surface area contributed by atoms with Gasteiger partial charge in [0, 0.05) is 53.6 Å². The first-order valence-electron chi connectivity index (χ1n) is 8.86. The van der Waals surface area contributed by atoms with Crippen LogP contribution in [0.3, 0.4) is 0 Å². The highest BCUT2D eigenvalue weighted by Gasteiger charge is 2.20. The van der Waals surface area contributed by atoms with E-state index in [1.807, 2.05) is 36.5 Å². The molecule has 26 heavy (non-hydrogen) atoms. The highest BCUT2D eigenvalue weighted by Crippen LogP contribution is 2.27. The van der Waals surface area contributed by atoms with Crippen LogP contribution in [-0.2, 0) is 12.8 Å². The molecule has 0 bridgehead atoms. The molecule has 4 heterocycles. The Balaban J connectivity index is 1.62. The number of aryl methyl sites for hydroxylation is 1. The van der Waals surface area contributed by atoms with E-state index in [9.17, 15) is 4.79 Å². The van der Waals surface area contributed by atoms with E-state index in [0.29, 0.717) is 13.1 Å². The third-order valence-corrected chi connectivity index (χ3v) is 4.63. The van der Waals surface area contributed by atoms with E-state index in [0.717, 1.165) is 58.7 Å². The Morgan fingerprint density at radius 3 is 2.81 bits per heavy atom. The van der Waals surface area contributed by atoms with Crippen molar-refractivity contribution in [2.24, 2.45) is 5.73 Å². The lowest BCUT2D eigenvalue weighted by molar-refractivity contribution is 0.0946. The number of nitrogens with one attached hydrogen (secondary N) is 2.